The molecule has 1 aliphatic rings. The summed E-state index contributed by atoms with van der Waals surface area (Å²) in [4.78, 5) is 16.9. The summed E-state index contributed by atoms with van der Waals surface area (Å²) in [5.41, 5.74) is 5.84. The number of likely N-dealkylation sites (tertiary alicyclic amines) is 1. The zero-order valence-corrected chi connectivity index (χ0v) is 12.6. The van der Waals surface area contributed by atoms with E-state index in [1.807, 2.05) is 0 Å². The topological polar surface area (TPSA) is 99.4 Å². The standard InChI is InChI=1S/C13H23N5O3/c1-10-15-9-13(18(19)20)17(10)6-5-16-4-3-12(21-2)7-11(16)8-14/h9,11-12H,3-8,14H2,1-2H3. The monoisotopic (exact) mass is 297 g/mol. The van der Waals surface area contributed by atoms with Crippen molar-refractivity contribution in [2.45, 2.75) is 38.5 Å². The molecule has 0 spiro atoms. The Hall–Kier alpha value is -1.51. The molecular weight excluding hydrogens is 274 g/mol. The van der Waals surface area contributed by atoms with Gasteiger partial charge in [0.2, 0.25) is 0 Å². The van der Waals surface area contributed by atoms with Crippen molar-refractivity contribution in [2.75, 3.05) is 26.7 Å². The normalized spacial score (nSPS) is 23.4. The van der Waals surface area contributed by atoms with Crippen molar-refractivity contribution in [1.82, 2.24) is 14.5 Å². The molecule has 8 nitrogen and oxygen atoms in total. The van der Waals surface area contributed by atoms with Crippen LogP contribution < -0.4 is 5.73 Å². The first-order chi connectivity index (χ1) is 10.1. The molecule has 1 aromatic rings. The largest absolute Gasteiger partial charge is 0.381 e. The molecule has 0 aliphatic carbocycles. The molecule has 2 atom stereocenters. The lowest BCUT2D eigenvalue weighted by atomic mass is 9.99. The van der Waals surface area contributed by atoms with Crippen LogP contribution in [0, 0.1) is 17.0 Å². The Morgan fingerprint density at radius 2 is 2.33 bits per heavy atom. The number of hydrogen-bond donors (Lipinski definition) is 1. The average molecular weight is 297 g/mol. The lowest BCUT2D eigenvalue weighted by molar-refractivity contribution is -0.392. The molecule has 1 fully saturated rings. The van der Waals surface area contributed by atoms with E-state index in [9.17, 15) is 10.1 Å². The van der Waals surface area contributed by atoms with Crippen LogP contribution in [0.1, 0.15) is 18.7 Å². The number of methoxy groups -OCH3 is 1. The lowest BCUT2D eigenvalue weighted by Crippen LogP contribution is -2.49. The van der Waals surface area contributed by atoms with Crippen LogP contribution in [-0.4, -0.2) is 58.3 Å². The van der Waals surface area contributed by atoms with E-state index in [1.165, 1.54) is 6.20 Å². The number of aromatic nitrogens is 2. The van der Waals surface area contributed by atoms with Crippen molar-refractivity contribution in [3.63, 3.8) is 0 Å². The number of hydrogen-bond acceptors (Lipinski definition) is 6. The van der Waals surface area contributed by atoms with E-state index in [1.54, 1.807) is 18.6 Å². The minimum Gasteiger partial charge on any atom is -0.381 e. The number of rotatable bonds is 6. The Kier molecular flexibility index (Phi) is 5.27. The molecule has 0 saturated carbocycles. The number of ether oxygens (including phenoxy) is 1. The van der Waals surface area contributed by atoms with Gasteiger partial charge in [-0.15, -0.1) is 0 Å². The fraction of sp³-hybridized carbons (Fsp3) is 0.769. The molecule has 1 aliphatic heterocycles. The van der Waals surface area contributed by atoms with Gasteiger partial charge in [-0.1, -0.05) is 0 Å². The van der Waals surface area contributed by atoms with Gasteiger partial charge in [-0.3, -0.25) is 4.90 Å². The van der Waals surface area contributed by atoms with Gasteiger partial charge in [-0.2, -0.15) is 0 Å². The third-order valence-electron chi connectivity index (χ3n) is 4.23. The molecular formula is C13H23N5O3. The van der Waals surface area contributed by atoms with Gasteiger partial charge in [0.1, 0.15) is 12.7 Å². The first kappa shape index (κ1) is 15.9. The Labute approximate surface area is 124 Å². The second-order valence-electron chi connectivity index (χ2n) is 5.38. The van der Waals surface area contributed by atoms with Crippen LogP contribution in [0.3, 0.4) is 0 Å². The third kappa shape index (κ3) is 3.58. The summed E-state index contributed by atoms with van der Waals surface area (Å²) in [5, 5.41) is 11.0. The second kappa shape index (κ2) is 6.97. The smallest absolute Gasteiger partial charge is 0.342 e. The average Bonchev–Trinajstić information content (AvgIpc) is 2.86. The molecule has 0 aromatic carbocycles. The van der Waals surface area contributed by atoms with Crippen LogP contribution in [0.15, 0.2) is 6.20 Å². The highest BCUT2D eigenvalue weighted by Gasteiger charge is 2.28. The van der Waals surface area contributed by atoms with Gasteiger partial charge in [0.25, 0.3) is 0 Å². The summed E-state index contributed by atoms with van der Waals surface area (Å²) in [7, 11) is 1.73. The maximum absolute atomic E-state index is 11.0. The maximum Gasteiger partial charge on any atom is 0.342 e. The van der Waals surface area contributed by atoms with Gasteiger partial charge >= 0.3 is 5.82 Å². The third-order valence-corrected chi connectivity index (χ3v) is 4.23. The highest BCUT2D eigenvalue weighted by atomic mass is 16.6. The van der Waals surface area contributed by atoms with Gasteiger partial charge in [0.05, 0.1) is 6.10 Å². The summed E-state index contributed by atoms with van der Waals surface area (Å²) in [6.07, 6.45) is 3.46. The number of nitrogens with two attached hydrogens (primary N) is 1. The molecule has 1 aromatic heterocycles. The van der Waals surface area contributed by atoms with Gasteiger partial charge < -0.3 is 20.6 Å². The molecule has 2 heterocycles. The van der Waals surface area contributed by atoms with Crippen molar-refractivity contribution < 1.29 is 9.66 Å². The van der Waals surface area contributed by atoms with Crippen LogP contribution in [0.5, 0.6) is 0 Å². The molecule has 0 radical (unpaired) electrons. The van der Waals surface area contributed by atoms with Crippen molar-refractivity contribution in [1.29, 1.82) is 0 Å². The van der Waals surface area contributed by atoms with Crippen molar-refractivity contribution in [3.05, 3.63) is 22.1 Å². The first-order valence-corrected chi connectivity index (χ1v) is 7.20. The Bertz CT molecular complexity index is 490. The second-order valence-corrected chi connectivity index (χ2v) is 5.38. The molecule has 2 unspecified atom stereocenters. The van der Waals surface area contributed by atoms with E-state index in [0.29, 0.717) is 18.9 Å². The molecule has 8 heteroatoms. The van der Waals surface area contributed by atoms with Crippen LogP contribution in [0.25, 0.3) is 0 Å². The fourth-order valence-corrected chi connectivity index (χ4v) is 2.92. The number of imidazole rings is 1. The number of piperidine rings is 1. The maximum atomic E-state index is 11.0. The summed E-state index contributed by atoms with van der Waals surface area (Å²) < 4.78 is 7.05. The number of aryl methyl sites for hydroxylation is 1. The van der Waals surface area contributed by atoms with Crippen LogP contribution >= 0.6 is 0 Å². The zero-order chi connectivity index (χ0) is 15.4. The molecule has 0 bridgehead atoms. The van der Waals surface area contributed by atoms with E-state index in [4.69, 9.17) is 10.5 Å². The quantitative estimate of drug-likeness (QED) is 0.607. The van der Waals surface area contributed by atoms with Gasteiger partial charge in [0, 0.05) is 39.7 Å². The van der Waals surface area contributed by atoms with E-state index in [0.717, 1.165) is 25.9 Å². The van der Waals surface area contributed by atoms with Crippen LogP contribution in [0.4, 0.5) is 5.82 Å². The van der Waals surface area contributed by atoms with Gasteiger partial charge in [-0.05, 0) is 17.8 Å². The zero-order valence-electron chi connectivity index (χ0n) is 12.6. The Morgan fingerprint density at radius 1 is 1.57 bits per heavy atom. The molecule has 21 heavy (non-hydrogen) atoms. The van der Waals surface area contributed by atoms with Crippen molar-refractivity contribution in [2.24, 2.45) is 5.73 Å². The summed E-state index contributed by atoms with van der Waals surface area (Å²) >= 11 is 0. The lowest BCUT2D eigenvalue weighted by Gasteiger charge is -2.38. The van der Waals surface area contributed by atoms with E-state index in [2.05, 4.69) is 9.88 Å². The van der Waals surface area contributed by atoms with E-state index in [-0.39, 0.29) is 18.0 Å². The van der Waals surface area contributed by atoms with Gasteiger partial charge in [0.15, 0.2) is 5.82 Å². The Balaban J connectivity index is 1.99. The van der Waals surface area contributed by atoms with Crippen LogP contribution in [0.2, 0.25) is 0 Å². The molecule has 2 N–H and O–H groups in total. The summed E-state index contributed by atoms with van der Waals surface area (Å²) in [6, 6.07) is 0.270. The Morgan fingerprint density at radius 3 is 2.95 bits per heavy atom. The van der Waals surface area contributed by atoms with Crippen molar-refractivity contribution in [3.8, 4) is 0 Å². The molecule has 1 saturated heterocycles. The summed E-state index contributed by atoms with van der Waals surface area (Å²) in [5.74, 6) is 0.710. The highest BCUT2D eigenvalue weighted by Crippen LogP contribution is 2.20. The van der Waals surface area contributed by atoms with E-state index >= 15 is 0 Å². The number of nitrogens with zero attached hydrogens (tertiary/aromatic N) is 4. The highest BCUT2D eigenvalue weighted by molar-refractivity contribution is 5.18. The minimum absolute atomic E-state index is 0.0450. The molecule has 118 valence electrons. The predicted octanol–water partition coefficient (Wildman–Crippen LogP) is 0.538. The fourth-order valence-electron chi connectivity index (χ4n) is 2.92. The SMILES string of the molecule is COC1CCN(CCn2c([N+](=O)[O-])cnc2C)C(CN)C1. The molecule has 2 rings (SSSR count). The predicted molar refractivity (Wildman–Crippen MR) is 78.1 cm³/mol. The first-order valence-electron chi connectivity index (χ1n) is 7.20. The van der Waals surface area contributed by atoms with Crippen LogP contribution in [-0.2, 0) is 11.3 Å². The minimum atomic E-state index is -0.391. The van der Waals surface area contributed by atoms with Crippen molar-refractivity contribution >= 4 is 5.82 Å². The summed E-state index contributed by atoms with van der Waals surface area (Å²) in [6.45, 7) is 4.55. The molecule has 0 amide bonds. The van der Waals surface area contributed by atoms with Gasteiger partial charge in [-0.25, -0.2) is 9.55 Å². The van der Waals surface area contributed by atoms with E-state index < -0.39 is 4.92 Å². The number of nitro groups is 1.